The number of ether oxygens (including phenoxy) is 2. The zero-order valence-electron chi connectivity index (χ0n) is 15.4. The molecule has 7 nitrogen and oxygen atoms in total. The number of hydrogen-bond donors (Lipinski definition) is 2. The normalized spacial score (nSPS) is 15.5. The minimum Gasteiger partial charge on any atom is -0.505 e. The van der Waals surface area contributed by atoms with E-state index >= 15 is 0 Å². The highest BCUT2D eigenvalue weighted by atomic mass is 19.1. The molecule has 0 bridgehead atoms. The maximum Gasteiger partial charge on any atom is 0.319 e. The van der Waals surface area contributed by atoms with E-state index in [2.05, 4.69) is 0 Å². The Morgan fingerprint density at radius 2 is 2.00 bits per heavy atom. The van der Waals surface area contributed by atoms with Gasteiger partial charge in [0, 0.05) is 38.8 Å². The second-order valence-corrected chi connectivity index (χ2v) is 6.50. The fraction of sp³-hybridized carbons (Fsp3) is 0.611. The third-order valence-corrected chi connectivity index (χ3v) is 4.32. The summed E-state index contributed by atoms with van der Waals surface area (Å²) in [4.78, 5) is 15.6. The topological polar surface area (TPSA) is 82.5 Å². The van der Waals surface area contributed by atoms with E-state index in [1.807, 2.05) is 0 Å². The summed E-state index contributed by atoms with van der Waals surface area (Å²) in [6, 6.07) is 1.33. The van der Waals surface area contributed by atoms with Gasteiger partial charge in [0.25, 0.3) is 0 Å². The van der Waals surface area contributed by atoms with E-state index in [4.69, 9.17) is 14.6 Å². The van der Waals surface area contributed by atoms with E-state index in [1.54, 1.807) is 16.8 Å². The minimum absolute atomic E-state index is 0.0352. The third-order valence-electron chi connectivity index (χ3n) is 4.32. The fourth-order valence-corrected chi connectivity index (χ4v) is 2.72. The van der Waals surface area contributed by atoms with E-state index in [0.717, 1.165) is 6.07 Å². The zero-order chi connectivity index (χ0) is 19.8. The highest BCUT2D eigenvalue weighted by Crippen LogP contribution is 2.25. The van der Waals surface area contributed by atoms with E-state index in [0.29, 0.717) is 58.2 Å². The van der Waals surface area contributed by atoms with Gasteiger partial charge in [0.05, 0.1) is 19.3 Å². The molecule has 152 valence electrons. The van der Waals surface area contributed by atoms with E-state index < -0.39 is 23.5 Å². The number of carbonyl (C=O) groups excluding carboxylic acids is 1. The standard InChI is InChI=1S/C18H26F2N2O5/c1-21(18(25)22-6-8-26-9-7-22)5-3-2-4-13(23)12-27-17-11-14(19)16(24)10-15(17)20/h10-11,13,23-24H,2-9,12H2,1H3/t13-/m0/s1. The zero-order valence-corrected chi connectivity index (χ0v) is 15.4. The predicted octanol–water partition coefficient (Wildman–Crippen LogP) is 1.96. The van der Waals surface area contributed by atoms with Crippen LogP contribution in [0.25, 0.3) is 0 Å². The molecule has 1 heterocycles. The number of phenolic OH excluding ortho intramolecular Hbond substituents is 1. The van der Waals surface area contributed by atoms with Crippen molar-refractivity contribution in [2.24, 2.45) is 0 Å². The van der Waals surface area contributed by atoms with Crippen molar-refractivity contribution >= 4 is 6.03 Å². The van der Waals surface area contributed by atoms with Gasteiger partial charge in [-0.1, -0.05) is 0 Å². The first-order valence-electron chi connectivity index (χ1n) is 8.95. The summed E-state index contributed by atoms with van der Waals surface area (Å²) < 4.78 is 37.0. The van der Waals surface area contributed by atoms with Crippen LogP contribution >= 0.6 is 0 Å². The van der Waals surface area contributed by atoms with Gasteiger partial charge in [-0.05, 0) is 19.3 Å². The van der Waals surface area contributed by atoms with Gasteiger partial charge in [-0.25, -0.2) is 13.6 Å². The van der Waals surface area contributed by atoms with Gasteiger partial charge in [0.1, 0.15) is 6.61 Å². The van der Waals surface area contributed by atoms with Crippen LogP contribution in [0.5, 0.6) is 11.5 Å². The molecule has 2 rings (SSSR count). The van der Waals surface area contributed by atoms with Crippen LogP contribution in [0, 0.1) is 11.6 Å². The number of amides is 2. The van der Waals surface area contributed by atoms with Crippen molar-refractivity contribution in [3.63, 3.8) is 0 Å². The predicted molar refractivity (Wildman–Crippen MR) is 93.8 cm³/mol. The molecule has 2 N–H and O–H groups in total. The van der Waals surface area contributed by atoms with Gasteiger partial charge in [-0.15, -0.1) is 0 Å². The lowest BCUT2D eigenvalue weighted by atomic mass is 10.1. The molecular weight excluding hydrogens is 362 g/mol. The number of rotatable bonds is 8. The number of hydrogen-bond acceptors (Lipinski definition) is 5. The number of aromatic hydroxyl groups is 1. The van der Waals surface area contributed by atoms with Gasteiger partial charge >= 0.3 is 6.03 Å². The van der Waals surface area contributed by atoms with Crippen molar-refractivity contribution < 1.29 is 33.3 Å². The fourth-order valence-electron chi connectivity index (χ4n) is 2.72. The Bertz CT molecular complexity index is 626. The largest absolute Gasteiger partial charge is 0.505 e. The number of nitrogens with zero attached hydrogens (tertiary/aromatic N) is 2. The number of carbonyl (C=O) groups is 1. The summed E-state index contributed by atoms with van der Waals surface area (Å²) in [5.41, 5.74) is 0. The molecule has 2 amide bonds. The third kappa shape index (κ3) is 6.51. The van der Waals surface area contributed by atoms with Crippen molar-refractivity contribution in [3.05, 3.63) is 23.8 Å². The average molecular weight is 388 g/mol. The van der Waals surface area contributed by atoms with Crippen molar-refractivity contribution in [2.45, 2.75) is 25.4 Å². The Kier molecular flexibility index (Phi) is 8.05. The van der Waals surface area contributed by atoms with Crippen LogP contribution < -0.4 is 4.74 Å². The van der Waals surface area contributed by atoms with Crippen LogP contribution in [0.3, 0.4) is 0 Å². The number of aliphatic hydroxyl groups excluding tert-OH is 1. The second-order valence-electron chi connectivity index (χ2n) is 6.50. The van der Waals surface area contributed by atoms with Crippen molar-refractivity contribution in [1.82, 2.24) is 9.80 Å². The Balaban J connectivity index is 1.63. The smallest absolute Gasteiger partial charge is 0.319 e. The van der Waals surface area contributed by atoms with Crippen LogP contribution in [-0.2, 0) is 4.74 Å². The molecule has 1 aromatic rings. The van der Waals surface area contributed by atoms with Crippen LogP contribution in [-0.4, -0.2) is 78.7 Å². The first-order chi connectivity index (χ1) is 12.9. The maximum atomic E-state index is 13.5. The molecule has 1 aliphatic heterocycles. The molecule has 0 spiro atoms. The van der Waals surface area contributed by atoms with Gasteiger partial charge in [0.2, 0.25) is 0 Å². The highest BCUT2D eigenvalue weighted by molar-refractivity contribution is 5.74. The quantitative estimate of drug-likeness (QED) is 0.666. The van der Waals surface area contributed by atoms with Gasteiger partial charge in [-0.2, -0.15) is 0 Å². The van der Waals surface area contributed by atoms with Crippen LogP contribution in [0.15, 0.2) is 12.1 Å². The van der Waals surface area contributed by atoms with E-state index in [1.165, 1.54) is 0 Å². The number of halogens is 2. The molecule has 9 heteroatoms. The van der Waals surface area contributed by atoms with Crippen LogP contribution in [0.1, 0.15) is 19.3 Å². The second kappa shape index (κ2) is 10.3. The first-order valence-corrected chi connectivity index (χ1v) is 8.95. The summed E-state index contributed by atoms with van der Waals surface area (Å²) in [5, 5.41) is 19.0. The maximum absolute atomic E-state index is 13.5. The number of benzene rings is 1. The number of phenols is 1. The number of unbranched alkanes of at least 4 members (excludes halogenated alkanes) is 1. The Hall–Kier alpha value is -2.13. The monoisotopic (exact) mass is 388 g/mol. The summed E-state index contributed by atoms with van der Waals surface area (Å²) in [6.45, 7) is 2.65. The number of urea groups is 1. The van der Waals surface area contributed by atoms with Crippen molar-refractivity contribution in [2.75, 3.05) is 46.5 Å². The Morgan fingerprint density at radius 3 is 2.70 bits per heavy atom. The minimum atomic E-state index is -0.992. The first kappa shape index (κ1) is 21.2. The molecule has 1 atom stereocenters. The molecule has 0 aliphatic carbocycles. The molecule has 0 saturated carbocycles. The van der Waals surface area contributed by atoms with Gasteiger partial charge in [-0.3, -0.25) is 0 Å². The molecule has 1 aromatic carbocycles. The Morgan fingerprint density at radius 1 is 1.30 bits per heavy atom. The van der Waals surface area contributed by atoms with Crippen molar-refractivity contribution in [1.29, 1.82) is 0 Å². The molecular formula is C18H26F2N2O5. The molecule has 27 heavy (non-hydrogen) atoms. The molecule has 1 saturated heterocycles. The van der Waals surface area contributed by atoms with E-state index in [-0.39, 0.29) is 18.4 Å². The molecule has 0 aromatic heterocycles. The molecule has 0 radical (unpaired) electrons. The average Bonchev–Trinajstić information content (AvgIpc) is 2.67. The van der Waals surface area contributed by atoms with E-state index in [9.17, 15) is 18.7 Å². The number of aliphatic hydroxyl groups is 1. The lowest BCUT2D eigenvalue weighted by Crippen LogP contribution is -2.47. The van der Waals surface area contributed by atoms with Gasteiger partial charge in [0.15, 0.2) is 23.1 Å². The van der Waals surface area contributed by atoms with Crippen molar-refractivity contribution in [3.8, 4) is 11.5 Å². The number of morpholine rings is 1. The SMILES string of the molecule is CN(CCCC[C@H](O)COc1cc(F)c(O)cc1F)C(=O)N1CCOCC1. The lowest BCUT2D eigenvalue weighted by Gasteiger charge is -2.31. The van der Waals surface area contributed by atoms with Crippen LogP contribution in [0.4, 0.5) is 13.6 Å². The summed E-state index contributed by atoms with van der Waals surface area (Å²) >= 11 is 0. The van der Waals surface area contributed by atoms with Crippen LogP contribution in [0.2, 0.25) is 0 Å². The highest BCUT2D eigenvalue weighted by Gasteiger charge is 2.20. The summed E-state index contributed by atoms with van der Waals surface area (Å²) in [7, 11) is 1.74. The molecule has 1 aliphatic rings. The summed E-state index contributed by atoms with van der Waals surface area (Å²) in [6.07, 6.45) is 0.909. The lowest BCUT2D eigenvalue weighted by molar-refractivity contribution is 0.0450. The molecule has 1 fully saturated rings. The van der Waals surface area contributed by atoms with Gasteiger partial charge < -0.3 is 29.5 Å². The summed E-state index contributed by atoms with van der Waals surface area (Å²) in [5.74, 6) is -3.05. The Labute approximate surface area is 157 Å². The molecule has 0 unspecified atom stereocenters.